The minimum Gasteiger partial charge on any atom is -0.508 e. The molecule has 1 aromatic carbocycles. The Balaban J connectivity index is 1.88. The second-order valence-electron chi connectivity index (χ2n) is 5.89. The molecular weight excluding hydrogens is 334 g/mol. The molecular formula is C15H17N3O5S. The number of aromatic amines is 1. The minimum atomic E-state index is -3.60. The highest BCUT2D eigenvalue weighted by atomic mass is 32.2. The smallest absolute Gasteiger partial charge is 0.255 e. The lowest BCUT2D eigenvalue weighted by molar-refractivity contribution is 0.238. The zero-order chi connectivity index (χ0) is 17.5. The Bertz CT molecular complexity index is 932. The summed E-state index contributed by atoms with van der Waals surface area (Å²) in [4.78, 5) is 20.4. The van der Waals surface area contributed by atoms with Crippen LogP contribution in [0.4, 0.5) is 0 Å². The number of phenols is 2. The summed E-state index contributed by atoms with van der Waals surface area (Å²) < 4.78 is 23.2. The highest BCUT2D eigenvalue weighted by Crippen LogP contribution is 2.23. The van der Waals surface area contributed by atoms with Crippen molar-refractivity contribution in [3.05, 3.63) is 45.4 Å². The van der Waals surface area contributed by atoms with Crippen LogP contribution < -0.4 is 5.56 Å². The topological polar surface area (TPSA) is 124 Å². The molecule has 0 amide bonds. The van der Waals surface area contributed by atoms with Crippen LogP contribution in [0.2, 0.25) is 0 Å². The van der Waals surface area contributed by atoms with Crippen LogP contribution in [0, 0.1) is 0 Å². The van der Waals surface area contributed by atoms with Crippen molar-refractivity contribution in [2.24, 2.45) is 0 Å². The summed E-state index contributed by atoms with van der Waals surface area (Å²) in [6.07, 6.45) is 1.44. The molecule has 1 aliphatic heterocycles. The SMILES string of the molecule is CS(=O)(=O)c1nc2c(c(=O)[nH]1)CCN(Cc1cc(O)cc(O)c1)C2. The van der Waals surface area contributed by atoms with E-state index in [1.54, 1.807) is 12.1 Å². The number of phenolic OH excluding ortho intramolecular Hbond substituents is 2. The number of fused-ring (bicyclic) bond motifs is 1. The predicted molar refractivity (Wildman–Crippen MR) is 85.6 cm³/mol. The molecule has 3 rings (SSSR count). The van der Waals surface area contributed by atoms with Crippen LogP contribution in [0.5, 0.6) is 11.5 Å². The number of hydrogen-bond acceptors (Lipinski definition) is 7. The van der Waals surface area contributed by atoms with Gasteiger partial charge in [-0.2, -0.15) is 0 Å². The lowest BCUT2D eigenvalue weighted by Gasteiger charge is -2.27. The van der Waals surface area contributed by atoms with Crippen LogP contribution >= 0.6 is 0 Å². The largest absolute Gasteiger partial charge is 0.508 e. The first kappa shape index (κ1) is 16.5. The van der Waals surface area contributed by atoms with Crippen LogP contribution in [-0.4, -0.2) is 46.3 Å². The van der Waals surface area contributed by atoms with E-state index in [1.165, 1.54) is 6.07 Å². The van der Waals surface area contributed by atoms with Crippen LogP contribution in [0.25, 0.3) is 0 Å². The molecule has 128 valence electrons. The number of aromatic nitrogens is 2. The Hall–Kier alpha value is -2.39. The number of sulfone groups is 1. The van der Waals surface area contributed by atoms with Gasteiger partial charge in [-0.05, 0) is 24.1 Å². The first-order valence-electron chi connectivity index (χ1n) is 7.29. The lowest BCUT2D eigenvalue weighted by Crippen LogP contribution is -2.35. The van der Waals surface area contributed by atoms with Gasteiger partial charge >= 0.3 is 0 Å². The van der Waals surface area contributed by atoms with Crippen LogP contribution in [0.3, 0.4) is 0 Å². The molecule has 0 aliphatic carbocycles. The van der Waals surface area contributed by atoms with Gasteiger partial charge in [0.25, 0.3) is 5.56 Å². The van der Waals surface area contributed by atoms with Gasteiger partial charge in [0.2, 0.25) is 15.0 Å². The van der Waals surface area contributed by atoms with Gasteiger partial charge in [-0.1, -0.05) is 0 Å². The third-order valence-electron chi connectivity index (χ3n) is 3.85. The maximum Gasteiger partial charge on any atom is 0.255 e. The van der Waals surface area contributed by atoms with E-state index in [0.717, 1.165) is 6.26 Å². The quantitative estimate of drug-likeness (QED) is 0.672. The number of benzene rings is 1. The molecule has 8 nitrogen and oxygen atoms in total. The monoisotopic (exact) mass is 351 g/mol. The number of H-pyrrole nitrogens is 1. The number of rotatable bonds is 3. The molecule has 0 saturated carbocycles. The fourth-order valence-electron chi connectivity index (χ4n) is 2.79. The summed E-state index contributed by atoms with van der Waals surface area (Å²) in [5, 5.41) is 18.8. The second kappa shape index (κ2) is 5.91. The van der Waals surface area contributed by atoms with Crippen molar-refractivity contribution in [1.29, 1.82) is 0 Å². The van der Waals surface area contributed by atoms with Crippen LogP contribution in [0.15, 0.2) is 28.2 Å². The molecule has 24 heavy (non-hydrogen) atoms. The highest BCUT2D eigenvalue weighted by Gasteiger charge is 2.23. The third-order valence-corrected chi connectivity index (χ3v) is 4.75. The summed E-state index contributed by atoms with van der Waals surface area (Å²) in [6.45, 7) is 1.34. The molecule has 2 aromatic rings. The Labute approximate surface area is 138 Å². The molecule has 0 spiro atoms. The van der Waals surface area contributed by atoms with E-state index in [4.69, 9.17) is 0 Å². The summed E-state index contributed by atoms with van der Waals surface area (Å²) in [5.74, 6) is -0.0623. The first-order valence-corrected chi connectivity index (χ1v) is 9.18. The Morgan fingerprint density at radius 1 is 1.25 bits per heavy atom. The van der Waals surface area contributed by atoms with E-state index in [0.29, 0.717) is 42.9 Å². The normalized spacial score (nSPS) is 15.2. The number of nitrogens with one attached hydrogen (secondary N) is 1. The number of nitrogens with zero attached hydrogens (tertiary/aromatic N) is 2. The van der Waals surface area contributed by atoms with Crippen molar-refractivity contribution in [3.63, 3.8) is 0 Å². The molecule has 9 heteroatoms. The van der Waals surface area contributed by atoms with Gasteiger partial charge in [0.1, 0.15) is 11.5 Å². The third kappa shape index (κ3) is 3.41. The van der Waals surface area contributed by atoms with Crippen molar-refractivity contribution >= 4 is 9.84 Å². The Kier molecular flexibility index (Phi) is 4.06. The van der Waals surface area contributed by atoms with Gasteiger partial charge in [0.15, 0.2) is 0 Å². The van der Waals surface area contributed by atoms with E-state index in [9.17, 15) is 23.4 Å². The van der Waals surface area contributed by atoms with Crippen molar-refractivity contribution in [3.8, 4) is 11.5 Å². The predicted octanol–water partition coefficient (Wildman–Crippen LogP) is 0.143. The first-order chi connectivity index (χ1) is 11.2. The van der Waals surface area contributed by atoms with Gasteiger partial charge < -0.3 is 10.2 Å². The van der Waals surface area contributed by atoms with Crippen molar-refractivity contribution in [2.75, 3.05) is 12.8 Å². The van der Waals surface area contributed by atoms with Gasteiger partial charge in [0.05, 0.1) is 5.69 Å². The molecule has 0 atom stereocenters. The molecule has 2 heterocycles. The van der Waals surface area contributed by atoms with E-state index in [2.05, 4.69) is 9.97 Å². The maximum absolute atomic E-state index is 12.0. The molecule has 0 fully saturated rings. The van der Waals surface area contributed by atoms with Gasteiger partial charge in [0, 0.05) is 37.5 Å². The second-order valence-corrected chi connectivity index (χ2v) is 7.82. The van der Waals surface area contributed by atoms with E-state index in [-0.39, 0.29) is 16.7 Å². The average Bonchev–Trinajstić information content (AvgIpc) is 2.44. The van der Waals surface area contributed by atoms with E-state index < -0.39 is 15.4 Å². The minimum absolute atomic E-state index is 0.0312. The molecule has 0 radical (unpaired) electrons. The van der Waals surface area contributed by atoms with Gasteiger partial charge in [-0.25, -0.2) is 13.4 Å². The summed E-state index contributed by atoms with van der Waals surface area (Å²) in [6, 6.07) is 4.33. The van der Waals surface area contributed by atoms with Gasteiger partial charge in [-0.3, -0.25) is 14.7 Å². The Morgan fingerprint density at radius 2 is 1.92 bits per heavy atom. The van der Waals surface area contributed by atoms with Gasteiger partial charge in [-0.15, -0.1) is 0 Å². The number of hydrogen-bond donors (Lipinski definition) is 3. The fourth-order valence-corrected chi connectivity index (χ4v) is 3.34. The van der Waals surface area contributed by atoms with Crippen molar-refractivity contribution < 1.29 is 18.6 Å². The standard InChI is InChI=1S/C15H17N3O5S/c1-24(22,23)15-16-13-8-18(3-2-12(13)14(21)17-15)7-9-4-10(19)6-11(20)5-9/h4-6,19-20H,2-3,7-8H2,1H3,(H,16,17,21). The summed E-state index contributed by atoms with van der Waals surface area (Å²) in [5.41, 5.74) is 1.23. The van der Waals surface area contributed by atoms with Crippen LogP contribution in [-0.2, 0) is 29.3 Å². The Morgan fingerprint density at radius 3 is 2.54 bits per heavy atom. The zero-order valence-electron chi connectivity index (χ0n) is 13.0. The molecule has 1 aromatic heterocycles. The lowest BCUT2D eigenvalue weighted by atomic mass is 10.1. The average molecular weight is 351 g/mol. The highest BCUT2D eigenvalue weighted by molar-refractivity contribution is 7.90. The fraction of sp³-hybridized carbons (Fsp3) is 0.333. The molecule has 0 unspecified atom stereocenters. The molecule has 0 saturated heterocycles. The van der Waals surface area contributed by atoms with Crippen molar-refractivity contribution in [2.45, 2.75) is 24.7 Å². The summed E-state index contributed by atoms with van der Waals surface area (Å²) in [7, 11) is -3.60. The maximum atomic E-state index is 12.0. The van der Waals surface area contributed by atoms with E-state index >= 15 is 0 Å². The molecule has 3 N–H and O–H groups in total. The molecule has 0 bridgehead atoms. The zero-order valence-corrected chi connectivity index (χ0v) is 13.8. The van der Waals surface area contributed by atoms with Crippen LogP contribution in [0.1, 0.15) is 16.8 Å². The summed E-state index contributed by atoms with van der Waals surface area (Å²) >= 11 is 0. The number of aromatic hydroxyl groups is 2. The van der Waals surface area contributed by atoms with E-state index in [1.807, 2.05) is 4.90 Å². The molecule has 1 aliphatic rings. The van der Waals surface area contributed by atoms with Crippen molar-refractivity contribution in [1.82, 2.24) is 14.9 Å².